The molecule has 1 nitrogen and oxygen atoms in total. The minimum absolute atomic E-state index is 0.284. The molecule has 0 bridgehead atoms. The Bertz CT molecular complexity index is 614. The Morgan fingerprint density at radius 3 is 2.76 bits per heavy atom. The van der Waals surface area contributed by atoms with E-state index in [1.807, 2.05) is 6.07 Å². The molecule has 0 N–H and O–H groups in total. The van der Waals surface area contributed by atoms with Gasteiger partial charge >= 0.3 is 0 Å². The number of ether oxygens (including phenoxy) is 1. The van der Waals surface area contributed by atoms with Crippen LogP contribution in [0.25, 0.3) is 11.1 Å². The first-order chi connectivity index (χ1) is 8.34. The van der Waals surface area contributed by atoms with E-state index in [4.69, 9.17) is 16.3 Å². The average Bonchev–Trinajstić information content (AvgIpc) is 3.10. The van der Waals surface area contributed by atoms with Crippen molar-refractivity contribution in [1.82, 2.24) is 0 Å². The number of halogens is 1. The summed E-state index contributed by atoms with van der Waals surface area (Å²) in [7, 11) is 0. The summed E-state index contributed by atoms with van der Waals surface area (Å²) >= 11 is 6.32. The van der Waals surface area contributed by atoms with E-state index < -0.39 is 0 Å². The Morgan fingerprint density at radius 2 is 1.94 bits per heavy atom. The van der Waals surface area contributed by atoms with Crippen LogP contribution in [0.3, 0.4) is 0 Å². The minimum atomic E-state index is 0.284. The van der Waals surface area contributed by atoms with Crippen LogP contribution in [0.4, 0.5) is 0 Å². The number of benzene rings is 2. The molecule has 2 aromatic carbocycles. The molecule has 0 aromatic heterocycles. The number of hydrogen-bond donors (Lipinski definition) is 0. The zero-order valence-electron chi connectivity index (χ0n) is 9.24. The molecule has 0 spiro atoms. The van der Waals surface area contributed by atoms with Crippen molar-refractivity contribution in [3.05, 3.63) is 58.1 Å². The van der Waals surface area contributed by atoms with Crippen LogP contribution in [0.5, 0.6) is 0 Å². The lowest BCUT2D eigenvalue weighted by Gasteiger charge is -2.08. The summed E-state index contributed by atoms with van der Waals surface area (Å²) in [5.41, 5.74) is 6.58. The van der Waals surface area contributed by atoms with Gasteiger partial charge in [-0.25, -0.2) is 0 Å². The molecule has 2 heteroatoms. The third-order valence-electron chi connectivity index (χ3n) is 3.62. The molecule has 2 aliphatic rings. The SMILES string of the molecule is Clc1ccc(C2CO2)c2c1Cc1ccccc1-2. The molecule has 2 aromatic rings. The second-order valence-corrected chi connectivity index (χ2v) is 5.05. The fraction of sp³-hybridized carbons (Fsp3) is 0.200. The molecule has 1 saturated heterocycles. The summed E-state index contributed by atoms with van der Waals surface area (Å²) < 4.78 is 5.43. The lowest BCUT2D eigenvalue weighted by atomic mass is 9.97. The van der Waals surface area contributed by atoms with Crippen molar-refractivity contribution in [2.45, 2.75) is 12.5 Å². The molecule has 17 heavy (non-hydrogen) atoms. The molecule has 1 aliphatic heterocycles. The van der Waals surface area contributed by atoms with Gasteiger partial charge in [0.2, 0.25) is 0 Å². The van der Waals surface area contributed by atoms with Crippen LogP contribution >= 0.6 is 11.6 Å². The van der Waals surface area contributed by atoms with Crippen LogP contribution in [0, 0.1) is 0 Å². The van der Waals surface area contributed by atoms with E-state index >= 15 is 0 Å². The van der Waals surface area contributed by atoms with Gasteiger partial charge in [-0.1, -0.05) is 41.9 Å². The summed E-state index contributed by atoms with van der Waals surface area (Å²) in [5.74, 6) is 0. The predicted molar refractivity (Wildman–Crippen MR) is 68.4 cm³/mol. The maximum Gasteiger partial charge on any atom is 0.107 e. The van der Waals surface area contributed by atoms with E-state index in [1.165, 1.54) is 27.8 Å². The lowest BCUT2D eigenvalue weighted by molar-refractivity contribution is 0.416. The van der Waals surface area contributed by atoms with Gasteiger partial charge in [-0.15, -0.1) is 0 Å². The second kappa shape index (κ2) is 3.34. The molecule has 1 fully saturated rings. The van der Waals surface area contributed by atoms with Gasteiger partial charge in [0.1, 0.15) is 6.10 Å². The van der Waals surface area contributed by atoms with E-state index in [2.05, 4.69) is 30.3 Å². The van der Waals surface area contributed by atoms with Gasteiger partial charge in [0.05, 0.1) is 6.61 Å². The van der Waals surface area contributed by atoms with Gasteiger partial charge in [0.15, 0.2) is 0 Å². The standard InChI is InChI=1S/C15H11ClO/c16-13-6-5-11(14-8-17-14)15-10-4-2-1-3-9(10)7-12(13)15/h1-6,14H,7-8H2. The Morgan fingerprint density at radius 1 is 1.12 bits per heavy atom. The molecular formula is C15H11ClO. The Balaban J connectivity index is 2.03. The molecule has 84 valence electrons. The summed E-state index contributed by atoms with van der Waals surface area (Å²) in [5, 5.41) is 0.876. The fourth-order valence-corrected chi connectivity index (χ4v) is 2.96. The number of rotatable bonds is 1. The van der Waals surface area contributed by atoms with Crippen LogP contribution in [-0.4, -0.2) is 6.61 Å². The van der Waals surface area contributed by atoms with E-state index in [0.29, 0.717) is 0 Å². The normalized spacial score (nSPS) is 19.9. The molecule has 1 heterocycles. The zero-order valence-corrected chi connectivity index (χ0v) is 10.00. The third-order valence-corrected chi connectivity index (χ3v) is 3.98. The van der Waals surface area contributed by atoms with E-state index in [9.17, 15) is 0 Å². The predicted octanol–water partition coefficient (Wildman–Crippen LogP) is 3.98. The topological polar surface area (TPSA) is 12.5 Å². The minimum Gasteiger partial charge on any atom is -0.368 e. The highest BCUT2D eigenvalue weighted by atomic mass is 35.5. The van der Waals surface area contributed by atoms with Gasteiger partial charge < -0.3 is 4.74 Å². The fourth-order valence-electron chi connectivity index (χ4n) is 2.74. The molecule has 4 rings (SSSR count). The van der Waals surface area contributed by atoms with Crippen LogP contribution in [-0.2, 0) is 11.2 Å². The van der Waals surface area contributed by atoms with Gasteiger partial charge in [0, 0.05) is 11.4 Å². The highest BCUT2D eigenvalue weighted by molar-refractivity contribution is 6.32. The maximum atomic E-state index is 6.32. The van der Waals surface area contributed by atoms with Gasteiger partial charge in [0.25, 0.3) is 0 Å². The molecule has 0 radical (unpaired) electrons. The summed E-state index contributed by atoms with van der Waals surface area (Å²) in [6.45, 7) is 0.843. The van der Waals surface area contributed by atoms with Crippen molar-refractivity contribution in [3.8, 4) is 11.1 Å². The third kappa shape index (κ3) is 1.36. The lowest BCUT2D eigenvalue weighted by Crippen LogP contribution is -1.90. The highest BCUT2D eigenvalue weighted by Crippen LogP contribution is 2.46. The second-order valence-electron chi connectivity index (χ2n) is 4.65. The summed E-state index contributed by atoms with van der Waals surface area (Å²) in [4.78, 5) is 0. The van der Waals surface area contributed by atoms with Crippen LogP contribution in [0.15, 0.2) is 36.4 Å². The molecule has 1 aliphatic carbocycles. The monoisotopic (exact) mass is 242 g/mol. The quantitative estimate of drug-likeness (QED) is 0.588. The van der Waals surface area contributed by atoms with E-state index in [-0.39, 0.29) is 6.10 Å². The Labute approximate surface area is 105 Å². The Hall–Kier alpha value is -1.31. The van der Waals surface area contributed by atoms with Crippen molar-refractivity contribution in [1.29, 1.82) is 0 Å². The highest BCUT2D eigenvalue weighted by Gasteiger charge is 2.32. The number of fused-ring (bicyclic) bond motifs is 3. The average molecular weight is 243 g/mol. The summed E-state index contributed by atoms with van der Waals surface area (Å²) in [6.07, 6.45) is 1.23. The van der Waals surface area contributed by atoms with Crippen LogP contribution in [0.1, 0.15) is 22.8 Å². The van der Waals surface area contributed by atoms with Crippen LogP contribution in [0.2, 0.25) is 5.02 Å². The number of epoxide rings is 1. The molecule has 0 saturated carbocycles. The smallest absolute Gasteiger partial charge is 0.107 e. The zero-order chi connectivity index (χ0) is 11.4. The molecule has 1 unspecified atom stereocenters. The van der Waals surface area contributed by atoms with Crippen molar-refractivity contribution < 1.29 is 4.74 Å². The first kappa shape index (κ1) is 9.69. The number of hydrogen-bond acceptors (Lipinski definition) is 1. The molecular weight excluding hydrogens is 232 g/mol. The Kier molecular flexibility index (Phi) is 1.91. The van der Waals surface area contributed by atoms with Crippen molar-refractivity contribution in [2.75, 3.05) is 6.61 Å². The van der Waals surface area contributed by atoms with Gasteiger partial charge in [-0.05, 0) is 33.9 Å². The van der Waals surface area contributed by atoms with Crippen molar-refractivity contribution in [3.63, 3.8) is 0 Å². The summed E-state index contributed by atoms with van der Waals surface area (Å²) in [6, 6.07) is 12.7. The maximum absolute atomic E-state index is 6.32. The van der Waals surface area contributed by atoms with Crippen LogP contribution < -0.4 is 0 Å². The first-order valence-corrected chi connectivity index (χ1v) is 6.23. The first-order valence-electron chi connectivity index (χ1n) is 5.86. The largest absolute Gasteiger partial charge is 0.368 e. The molecule has 0 amide bonds. The van der Waals surface area contributed by atoms with E-state index in [0.717, 1.165) is 18.1 Å². The van der Waals surface area contributed by atoms with E-state index in [1.54, 1.807) is 0 Å². The van der Waals surface area contributed by atoms with Gasteiger partial charge in [-0.3, -0.25) is 0 Å². The van der Waals surface area contributed by atoms with Crippen molar-refractivity contribution >= 4 is 11.6 Å². The van der Waals surface area contributed by atoms with Crippen molar-refractivity contribution in [2.24, 2.45) is 0 Å². The molecule has 1 atom stereocenters. The van der Waals surface area contributed by atoms with Gasteiger partial charge in [-0.2, -0.15) is 0 Å².